The summed E-state index contributed by atoms with van der Waals surface area (Å²) in [6.45, 7) is 0.221. The number of pyridine rings is 1. The molecule has 132 valence electrons. The van der Waals surface area contributed by atoms with E-state index in [1.165, 1.54) is 11.8 Å². The van der Waals surface area contributed by atoms with Crippen LogP contribution < -0.4 is 9.47 Å². The van der Waals surface area contributed by atoms with Crippen molar-refractivity contribution in [1.29, 1.82) is 0 Å². The summed E-state index contributed by atoms with van der Waals surface area (Å²) in [4.78, 5) is 16.4. The molecule has 1 aliphatic rings. The van der Waals surface area contributed by atoms with E-state index in [4.69, 9.17) is 18.7 Å². The fraction of sp³-hybridized carbons (Fsp3) is 0.167. The molecular weight excluding hydrogens is 356 g/mol. The zero-order valence-electron chi connectivity index (χ0n) is 13.8. The number of carbonyl (C=O) groups excluding carboxylic acids is 1. The van der Waals surface area contributed by atoms with E-state index in [9.17, 15) is 4.79 Å². The molecule has 2 aromatic heterocycles. The monoisotopic (exact) mass is 370 g/mol. The molecule has 0 radical (unpaired) electrons. The van der Waals surface area contributed by atoms with E-state index in [1.54, 1.807) is 24.4 Å². The minimum Gasteiger partial charge on any atom is -0.455 e. The number of nitrogens with zero attached hydrogens (tertiary/aromatic N) is 2. The van der Waals surface area contributed by atoms with Gasteiger partial charge in [-0.3, -0.25) is 0 Å². The number of aromatic nitrogens is 2. The average molecular weight is 370 g/mol. The highest BCUT2D eigenvalue weighted by Gasteiger charge is 2.17. The van der Waals surface area contributed by atoms with Gasteiger partial charge in [0.25, 0.3) is 0 Å². The summed E-state index contributed by atoms with van der Waals surface area (Å²) in [5, 5.41) is 4.57. The molecule has 0 atom stereocenters. The number of hydrogen-bond donors (Lipinski definition) is 0. The molecule has 0 N–H and O–H groups in total. The first kappa shape index (κ1) is 16.5. The molecule has 7 nitrogen and oxygen atoms in total. The molecule has 0 fully saturated rings. The predicted molar refractivity (Wildman–Crippen MR) is 93.2 cm³/mol. The number of ether oxygens (including phenoxy) is 3. The molecular formula is C18H14N2O5S. The van der Waals surface area contributed by atoms with Crippen LogP contribution in [0.3, 0.4) is 0 Å². The lowest BCUT2D eigenvalue weighted by Gasteiger charge is -2.05. The molecule has 0 amide bonds. The number of esters is 1. The van der Waals surface area contributed by atoms with Crippen LogP contribution in [0.1, 0.15) is 16.1 Å². The van der Waals surface area contributed by atoms with Gasteiger partial charge in [-0.2, -0.15) is 0 Å². The molecule has 0 saturated heterocycles. The van der Waals surface area contributed by atoms with Crippen molar-refractivity contribution in [3.63, 3.8) is 0 Å². The number of carbonyl (C=O) groups is 1. The first-order valence-corrected chi connectivity index (χ1v) is 8.99. The zero-order valence-corrected chi connectivity index (χ0v) is 14.6. The molecule has 0 aliphatic carbocycles. The second kappa shape index (κ2) is 7.09. The lowest BCUT2D eigenvalue weighted by atomic mass is 10.1. The first-order valence-electron chi connectivity index (χ1n) is 7.76. The van der Waals surface area contributed by atoms with Gasteiger partial charge in [-0.25, -0.2) is 9.78 Å². The van der Waals surface area contributed by atoms with Crippen molar-refractivity contribution in [2.75, 3.05) is 13.0 Å². The van der Waals surface area contributed by atoms with E-state index in [-0.39, 0.29) is 13.4 Å². The normalized spacial score (nSPS) is 12.2. The first-order chi connectivity index (χ1) is 12.7. The Balaban J connectivity index is 1.45. The molecule has 1 aliphatic heterocycles. The van der Waals surface area contributed by atoms with Gasteiger partial charge in [-0.1, -0.05) is 5.16 Å². The standard InChI is InChI=1S/C18H14N2O5S/c1-26-17-13(3-2-6-19-17)18(21)22-9-12-8-15(25-20-12)11-4-5-14-16(7-11)24-10-23-14/h2-8H,9-10H2,1H3. The van der Waals surface area contributed by atoms with Gasteiger partial charge >= 0.3 is 5.97 Å². The van der Waals surface area contributed by atoms with Crippen molar-refractivity contribution < 1.29 is 23.5 Å². The van der Waals surface area contributed by atoms with Gasteiger partial charge in [0.05, 0.1) is 5.56 Å². The van der Waals surface area contributed by atoms with Crippen LogP contribution >= 0.6 is 11.8 Å². The van der Waals surface area contributed by atoms with Crippen LogP contribution in [0.25, 0.3) is 11.3 Å². The number of hydrogen-bond acceptors (Lipinski definition) is 8. The molecule has 3 aromatic rings. The predicted octanol–water partition coefficient (Wildman–Crippen LogP) is 3.54. The van der Waals surface area contributed by atoms with Gasteiger partial charge in [-0.05, 0) is 36.6 Å². The van der Waals surface area contributed by atoms with Crippen molar-refractivity contribution in [3.8, 4) is 22.8 Å². The second-order valence-corrected chi connectivity index (χ2v) is 6.18. The van der Waals surface area contributed by atoms with E-state index in [0.717, 1.165) is 5.56 Å². The molecule has 0 spiro atoms. The molecule has 0 unspecified atom stereocenters. The maximum absolute atomic E-state index is 12.2. The summed E-state index contributed by atoms with van der Waals surface area (Å²) in [6.07, 6.45) is 3.49. The second-order valence-electron chi connectivity index (χ2n) is 5.39. The van der Waals surface area contributed by atoms with Crippen molar-refractivity contribution in [1.82, 2.24) is 10.1 Å². The number of rotatable bonds is 5. The van der Waals surface area contributed by atoms with Crippen molar-refractivity contribution in [2.45, 2.75) is 11.6 Å². The SMILES string of the molecule is CSc1ncccc1C(=O)OCc1cc(-c2ccc3c(c2)OCO3)on1. The third kappa shape index (κ3) is 3.23. The van der Waals surface area contributed by atoms with E-state index in [0.29, 0.717) is 33.5 Å². The Hall–Kier alpha value is -3.00. The maximum atomic E-state index is 12.2. The highest BCUT2D eigenvalue weighted by atomic mass is 32.2. The number of thioether (sulfide) groups is 1. The summed E-state index contributed by atoms with van der Waals surface area (Å²) < 4.78 is 21.3. The van der Waals surface area contributed by atoms with Crippen LogP contribution in [0, 0.1) is 0 Å². The topological polar surface area (TPSA) is 83.7 Å². The minimum atomic E-state index is -0.449. The van der Waals surface area contributed by atoms with Gasteiger partial charge in [-0.15, -0.1) is 11.8 Å². The van der Waals surface area contributed by atoms with Crippen LogP contribution in [0.15, 0.2) is 52.1 Å². The third-order valence-electron chi connectivity index (χ3n) is 3.75. The molecule has 4 rings (SSSR count). The molecule has 0 bridgehead atoms. The van der Waals surface area contributed by atoms with Crippen LogP contribution in [0.5, 0.6) is 11.5 Å². The molecule has 3 heterocycles. The lowest BCUT2D eigenvalue weighted by molar-refractivity contribution is 0.0459. The largest absolute Gasteiger partial charge is 0.455 e. The van der Waals surface area contributed by atoms with Crippen molar-refractivity contribution in [2.24, 2.45) is 0 Å². The number of fused-ring (bicyclic) bond motifs is 1. The van der Waals surface area contributed by atoms with Crippen LogP contribution in [0.4, 0.5) is 0 Å². The van der Waals surface area contributed by atoms with Gasteiger partial charge in [0.1, 0.15) is 17.3 Å². The van der Waals surface area contributed by atoms with Gasteiger partial charge in [0, 0.05) is 17.8 Å². The Morgan fingerprint density at radius 3 is 3.00 bits per heavy atom. The Labute approximate surface area is 153 Å². The Bertz CT molecular complexity index is 956. The maximum Gasteiger partial charge on any atom is 0.341 e. The van der Waals surface area contributed by atoms with Crippen LogP contribution in [-0.4, -0.2) is 29.2 Å². The quantitative estimate of drug-likeness (QED) is 0.498. The summed E-state index contributed by atoms with van der Waals surface area (Å²) in [7, 11) is 0. The Morgan fingerprint density at radius 1 is 1.23 bits per heavy atom. The summed E-state index contributed by atoms with van der Waals surface area (Å²) in [6, 6.07) is 10.6. The summed E-state index contributed by atoms with van der Waals surface area (Å²) in [5.74, 6) is 1.46. The van der Waals surface area contributed by atoms with Crippen LogP contribution in [-0.2, 0) is 11.3 Å². The fourth-order valence-electron chi connectivity index (χ4n) is 2.49. The highest BCUT2D eigenvalue weighted by molar-refractivity contribution is 7.98. The number of benzene rings is 1. The van der Waals surface area contributed by atoms with Gasteiger partial charge in [0.2, 0.25) is 6.79 Å². The van der Waals surface area contributed by atoms with E-state index < -0.39 is 5.97 Å². The molecule has 8 heteroatoms. The van der Waals surface area contributed by atoms with Crippen LogP contribution in [0.2, 0.25) is 0 Å². The lowest BCUT2D eigenvalue weighted by Crippen LogP contribution is -2.07. The van der Waals surface area contributed by atoms with E-state index >= 15 is 0 Å². The van der Waals surface area contributed by atoms with E-state index in [1.807, 2.05) is 24.5 Å². The third-order valence-corrected chi connectivity index (χ3v) is 4.46. The minimum absolute atomic E-state index is 0.00952. The van der Waals surface area contributed by atoms with Gasteiger partial charge < -0.3 is 18.7 Å². The average Bonchev–Trinajstić information content (AvgIpc) is 3.34. The molecule has 1 aromatic carbocycles. The fourth-order valence-corrected chi connectivity index (χ4v) is 3.03. The van der Waals surface area contributed by atoms with Gasteiger partial charge in [0.15, 0.2) is 17.3 Å². The molecule has 26 heavy (non-hydrogen) atoms. The van der Waals surface area contributed by atoms with Crippen molar-refractivity contribution in [3.05, 3.63) is 53.9 Å². The zero-order chi connectivity index (χ0) is 17.9. The molecule has 0 saturated carbocycles. The Kier molecular flexibility index (Phi) is 4.49. The smallest absolute Gasteiger partial charge is 0.341 e. The highest BCUT2D eigenvalue weighted by Crippen LogP contribution is 2.36. The summed E-state index contributed by atoms with van der Waals surface area (Å²) in [5.41, 5.74) is 1.75. The summed E-state index contributed by atoms with van der Waals surface area (Å²) >= 11 is 1.39. The van der Waals surface area contributed by atoms with E-state index in [2.05, 4.69) is 10.1 Å². The Morgan fingerprint density at radius 2 is 2.12 bits per heavy atom. The van der Waals surface area contributed by atoms with Crippen molar-refractivity contribution >= 4 is 17.7 Å².